The molecule has 1 aliphatic rings. The maximum Gasteiger partial charge on any atom is 0.140 e. The number of aryl methyl sites for hydroxylation is 2. The average Bonchev–Trinajstić information content (AvgIpc) is 3.23. The summed E-state index contributed by atoms with van der Waals surface area (Å²) in [6.07, 6.45) is -1.46. The highest BCUT2D eigenvalue weighted by Gasteiger charge is 2.34. The first-order chi connectivity index (χ1) is 13.5. The number of hydrogen-bond acceptors (Lipinski definition) is 4. The number of likely N-dealkylation sites (tertiary alicyclic amines) is 1. The number of halogens is 1. The van der Waals surface area contributed by atoms with Crippen molar-refractivity contribution in [2.75, 3.05) is 20.2 Å². The molecule has 1 aliphatic heterocycles. The molecule has 2 aromatic carbocycles. The third kappa shape index (κ3) is 3.88. The Bertz CT molecular complexity index is 933. The van der Waals surface area contributed by atoms with Gasteiger partial charge in [0, 0.05) is 25.2 Å². The van der Waals surface area contributed by atoms with Crippen LogP contribution in [0.5, 0.6) is 5.75 Å². The van der Waals surface area contributed by atoms with E-state index in [0.717, 1.165) is 28.2 Å². The fourth-order valence-electron chi connectivity index (χ4n) is 3.75. The van der Waals surface area contributed by atoms with E-state index in [1.54, 1.807) is 7.11 Å². The fourth-order valence-corrected chi connectivity index (χ4v) is 3.75. The maximum atomic E-state index is 14.5. The van der Waals surface area contributed by atoms with Crippen LogP contribution in [-0.2, 0) is 17.9 Å². The Morgan fingerprint density at radius 1 is 1.18 bits per heavy atom. The van der Waals surface area contributed by atoms with Crippen molar-refractivity contribution in [1.82, 2.24) is 14.9 Å². The molecule has 0 amide bonds. The average molecular weight is 383 g/mol. The first-order valence-corrected chi connectivity index (χ1v) is 9.59. The zero-order valence-electron chi connectivity index (χ0n) is 16.5. The summed E-state index contributed by atoms with van der Waals surface area (Å²) >= 11 is 0. The van der Waals surface area contributed by atoms with Crippen molar-refractivity contribution < 1.29 is 13.9 Å². The van der Waals surface area contributed by atoms with Gasteiger partial charge in [-0.05, 0) is 43.2 Å². The molecule has 2 atom stereocenters. The number of ether oxygens (including phenoxy) is 2. The quantitative estimate of drug-likeness (QED) is 0.701. The summed E-state index contributed by atoms with van der Waals surface area (Å²) in [6.45, 7) is 5.99. The number of methoxy groups -OCH3 is 1. The van der Waals surface area contributed by atoms with Gasteiger partial charge in [0.1, 0.15) is 30.5 Å². The highest BCUT2D eigenvalue weighted by molar-refractivity contribution is 5.77. The molecule has 2 unspecified atom stereocenters. The summed E-state index contributed by atoms with van der Waals surface area (Å²) in [5.74, 6) is 1.56. The van der Waals surface area contributed by atoms with Gasteiger partial charge in [-0.2, -0.15) is 0 Å². The number of benzene rings is 2. The molecule has 148 valence electrons. The van der Waals surface area contributed by atoms with E-state index >= 15 is 0 Å². The molecule has 1 saturated heterocycles. The van der Waals surface area contributed by atoms with E-state index in [1.807, 2.05) is 24.3 Å². The minimum absolute atomic E-state index is 0.278. The molecule has 6 heteroatoms. The van der Waals surface area contributed by atoms with E-state index in [2.05, 4.69) is 40.8 Å². The van der Waals surface area contributed by atoms with Crippen LogP contribution in [0.3, 0.4) is 0 Å². The number of para-hydroxylation sites is 1. The molecule has 5 nitrogen and oxygen atoms in total. The van der Waals surface area contributed by atoms with Crippen molar-refractivity contribution in [1.29, 1.82) is 0 Å². The van der Waals surface area contributed by atoms with Crippen LogP contribution in [-0.4, -0.2) is 47.3 Å². The molecule has 28 heavy (non-hydrogen) atoms. The maximum absolute atomic E-state index is 14.5. The Hall–Kier alpha value is -2.44. The van der Waals surface area contributed by atoms with Crippen LogP contribution in [0.1, 0.15) is 22.5 Å². The molecular formula is C22H26FN3O2. The van der Waals surface area contributed by atoms with Crippen LogP contribution >= 0.6 is 0 Å². The summed E-state index contributed by atoms with van der Waals surface area (Å²) in [6, 6.07) is 12.0. The molecule has 0 radical (unpaired) electrons. The number of nitrogens with one attached hydrogen (secondary N) is 1. The van der Waals surface area contributed by atoms with Crippen LogP contribution in [0.2, 0.25) is 0 Å². The summed E-state index contributed by atoms with van der Waals surface area (Å²) in [5.41, 5.74) is 5.39. The zero-order chi connectivity index (χ0) is 19.7. The number of aromatic amines is 1. The van der Waals surface area contributed by atoms with Crippen molar-refractivity contribution in [2.45, 2.75) is 39.3 Å². The first kappa shape index (κ1) is 18.9. The van der Waals surface area contributed by atoms with Gasteiger partial charge < -0.3 is 14.5 Å². The molecule has 0 spiro atoms. The van der Waals surface area contributed by atoms with E-state index in [9.17, 15) is 4.39 Å². The van der Waals surface area contributed by atoms with E-state index in [-0.39, 0.29) is 6.61 Å². The van der Waals surface area contributed by atoms with Gasteiger partial charge in [0.2, 0.25) is 0 Å². The van der Waals surface area contributed by atoms with Gasteiger partial charge in [-0.15, -0.1) is 0 Å². The van der Waals surface area contributed by atoms with Gasteiger partial charge >= 0.3 is 0 Å². The zero-order valence-corrected chi connectivity index (χ0v) is 16.5. The normalized spacial score (nSPS) is 20.1. The molecule has 0 saturated carbocycles. The number of nitrogens with zero attached hydrogens (tertiary/aromatic N) is 2. The molecule has 4 rings (SSSR count). The van der Waals surface area contributed by atoms with Crippen molar-refractivity contribution in [2.24, 2.45) is 0 Å². The fraction of sp³-hybridized carbons (Fsp3) is 0.409. The monoisotopic (exact) mass is 383 g/mol. The predicted molar refractivity (Wildman–Crippen MR) is 107 cm³/mol. The molecule has 1 fully saturated rings. The van der Waals surface area contributed by atoms with Crippen LogP contribution in [0.4, 0.5) is 4.39 Å². The summed E-state index contributed by atoms with van der Waals surface area (Å²) < 4.78 is 25.8. The van der Waals surface area contributed by atoms with Crippen LogP contribution in [0, 0.1) is 13.8 Å². The number of H-pyrrole nitrogens is 1. The predicted octanol–water partition coefficient (Wildman–Crippen LogP) is 3.93. The van der Waals surface area contributed by atoms with E-state index in [4.69, 9.17) is 9.47 Å². The van der Waals surface area contributed by atoms with Gasteiger partial charge in [-0.3, -0.25) is 4.90 Å². The minimum atomic E-state index is -1.01. The number of alkyl halides is 1. The summed E-state index contributed by atoms with van der Waals surface area (Å²) in [4.78, 5) is 9.92. The van der Waals surface area contributed by atoms with Gasteiger partial charge in [-0.25, -0.2) is 9.37 Å². The number of fused-ring (bicyclic) bond motifs is 1. The molecule has 2 heterocycles. The van der Waals surface area contributed by atoms with E-state index < -0.39 is 12.3 Å². The Balaban J connectivity index is 1.38. The van der Waals surface area contributed by atoms with Crippen molar-refractivity contribution in [3.63, 3.8) is 0 Å². The number of imidazole rings is 1. The topological polar surface area (TPSA) is 50.4 Å². The number of hydrogen-bond donors (Lipinski definition) is 1. The highest BCUT2D eigenvalue weighted by Crippen LogP contribution is 2.25. The third-order valence-corrected chi connectivity index (χ3v) is 5.44. The number of aromatic nitrogens is 2. The van der Waals surface area contributed by atoms with Crippen LogP contribution in [0.15, 0.2) is 36.4 Å². The molecule has 0 aliphatic carbocycles. The first-order valence-electron chi connectivity index (χ1n) is 9.59. The minimum Gasteiger partial charge on any atom is -0.496 e. The van der Waals surface area contributed by atoms with Crippen molar-refractivity contribution >= 4 is 11.0 Å². The van der Waals surface area contributed by atoms with Crippen molar-refractivity contribution in [3.05, 3.63) is 58.9 Å². The van der Waals surface area contributed by atoms with Gasteiger partial charge in [-0.1, -0.05) is 18.2 Å². The van der Waals surface area contributed by atoms with Gasteiger partial charge in [0.05, 0.1) is 18.1 Å². The summed E-state index contributed by atoms with van der Waals surface area (Å²) in [5, 5.41) is 0. The second-order valence-electron chi connectivity index (χ2n) is 7.51. The largest absolute Gasteiger partial charge is 0.496 e. The Kier molecular flexibility index (Phi) is 5.33. The Labute approximate surface area is 164 Å². The third-order valence-electron chi connectivity index (χ3n) is 5.44. The Morgan fingerprint density at radius 3 is 2.79 bits per heavy atom. The lowest BCUT2D eigenvalue weighted by Crippen LogP contribution is -2.24. The molecule has 3 aromatic rings. The van der Waals surface area contributed by atoms with Gasteiger partial charge in [0.15, 0.2) is 0 Å². The lowest BCUT2D eigenvalue weighted by atomic mass is 10.1. The Morgan fingerprint density at radius 2 is 1.96 bits per heavy atom. The van der Waals surface area contributed by atoms with Crippen molar-refractivity contribution in [3.8, 4) is 5.75 Å². The smallest absolute Gasteiger partial charge is 0.140 e. The van der Waals surface area contributed by atoms with Gasteiger partial charge in [0.25, 0.3) is 0 Å². The second-order valence-corrected chi connectivity index (χ2v) is 7.51. The van der Waals surface area contributed by atoms with Crippen LogP contribution < -0.4 is 4.74 Å². The molecule has 1 aromatic heterocycles. The lowest BCUT2D eigenvalue weighted by Gasteiger charge is -2.17. The molecule has 1 N–H and O–H groups in total. The standard InChI is InChI=1S/C22H26FN3O2/c1-14-8-18-19(9-15(14)2)25-22(24-18)13-28-21-12-26(11-17(21)23)10-16-6-4-5-7-20(16)27-3/h4-9,17,21H,10-13H2,1-3H3,(H,24,25). The number of rotatable bonds is 6. The highest BCUT2D eigenvalue weighted by atomic mass is 19.1. The van der Waals surface area contributed by atoms with Crippen LogP contribution in [0.25, 0.3) is 11.0 Å². The SMILES string of the molecule is COc1ccccc1CN1CC(F)C(OCc2nc3cc(C)c(C)cc3[nH]2)C1. The van der Waals surface area contributed by atoms with E-state index in [1.165, 1.54) is 11.1 Å². The summed E-state index contributed by atoms with van der Waals surface area (Å²) in [7, 11) is 1.66. The second kappa shape index (κ2) is 7.89. The molecular weight excluding hydrogens is 357 g/mol. The molecule has 0 bridgehead atoms. The lowest BCUT2D eigenvalue weighted by molar-refractivity contribution is 0.00862. The van der Waals surface area contributed by atoms with E-state index in [0.29, 0.717) is 19.6 Å².